The van der Waals surface area contributed by atoms with Gasteiger partial charge < -0.3 is 9.15 Å². The van der Waals surface area contributed by atoms with Crippen molar-refractivity contribution < 1.29 is 9.15 Å². The molecule has 4 aromatic carbocycles. The number of benzene rings is 4. The van der Waals surface area contributed by atoms with E-state index in [0.29, 0.717) is 39.7 Å². The Balaban J connectivity index is 1.34. The van der Waals surface area contributed by atoms with E-state index in [4.69, 9.17) is 25.7 Å². The highest BCUT2D eigenvalue weighted by Gasteiger charge is 2.17. The third kappa shape index (κ3) is 5.60. The van der Waals surface area contributed by atoms with Crippen molar-refractivity contribution in [3.63, 3.8) is 0 Å². The summed E-state index contributed by atoms with van der Waals surface area (Å²) >= 11 is 15.4. The zero-order chi connectivity index (χ0) is 27.8. The highest BCUT2D eigenvalue weighted by molar-refractivity contribution is 14.1. The van der Waals surface area contributed by atoms with Crippen LogP contribution in [-0.4, -0.2) is 15.9 Å². The summed E-state index contributed by atoms with van der Waals surface area (Å²) in [5, 5.41) is 6.41. The lowest BCUT2D eigenvalue weighted by Crippen LogP contribution is -2.20. The predicted octanol–water partition coefficient (Wildman–Crippen LogP) is 9.05. The van der Waals surface area contributed by atoms with Gasteiger partial charge in [-0.25, -0.2) is 4.98 Å². The van der Waals surface area contributed by atoms with E-state index < -0.39 is 0 Å². The van der Waals surface area contributed by atoms with Crippen LogP contribution in [-0.2, 0) is 6.61 Å². The summed E-state index contributed by atoms with van der Waals surface area (Å²) in [5.41, 5.74) is 2.72. The maximum absolute atomic E-state index is 13.5. The number of halogens is 4. The number of furan rings is 1. The summed E-state index contributed by atoms with van der Waals surface area (Å²) in [4.78, 5) is 18.2. The van der Waals surface area contributed by atoms with Gasteiger partial charge in [0.1, 0.15) is 17.9 Å². The summed E-state index contributed by atoms with van der Waals surface area (Å²) in [7, 11) is 0. The molecule has 0 aliphatic rings. The Morgan fingerprint density at radius 2 is 1.88 bits per heavy atom. The number of nitrogens with zero attached hydrogens (tertiary/aromatic N) is 3. The largest absolute Gasteiger partial charge is 0.488 e. The highest BCUT2D eigenvalue weighted by Crippen LogP contribution is 2.30. The zero-order valence-corrected chi connectivity index (χ0v) is 26.5. The van der Waals surface area contributed by atoms with E-state index in [9.17, 15) is 4.79 Å². The Labute approximate surface area is 264 Å². The Bertz CT molecular complexity index is 2010. The molecule has 0 aliphatic heterocycles. The molecule has 2 heterocycles. The van der Waals surface area contributed by atoms with Gasteiger partial charge in [-0.05, 0) is 94.9 Å². The van der Waals surface area contributed by atoms with Crippen LogP contribution >= 0.6 is 66.1 Å². The molecule has 10 heteroatoms. The molecule has 6 aromatic rings. The molecule has 0 saturated heterocycles. The SMILES string of the molecule is O=c1c2ccccc2nc(-c2cc3cc(Cl)ccc3o2)n1N=Cc1ccc(OCc2ccc(Br)cc2Br)c(I)c1. The van der Waals surface area contributed by atoms with Crippen LogP contribution in [0.3, 0.4) is 0 Å². The number of ether oxygens (including phenoxy) is 1. The van der Waals surface area contributed by atoms with Gasteiger partial charge in [-0.15, -0.1) is 0 Å². The van der Waals surface area contributed by atoms with Crippen molar-refractivity contribution in [1.82, 2.24) is 9.66 Å². The summed E-state index contributed by atoms with van der Waals surface area (Å²) in [5.74, 6) is 1.45. The van der Waals surface area contributed by atoms with Crippen LogP contribution in [0, 0.1) is 3.57 Å². The fourth-order valence-electron chi connectivity index (χ4n) is 4.15. The Morgan fingerprint density at radius 3 is 2.70 bits per heavy atom. The van der Waals surface area contributed by atoms with E-state index in [1.807, 2.05) is 48.5 Å². The van der Waals surface area contributed by atoms with E-state index in [0.717, 1.165) is 34.8 Å². The monoisotopic (exact) mass is 787 g/mol. The Kier molecular flexibility index (Phi) is 7.80. The van der Waals surface area contributed by atoms with Crippen LogP contribution in [0.1, 0.15) is 11.1 Å². The molecule has 0 spiro atoms. The van der Waals surface area contributed by atoms with Crippen LogP contribution in [0.5, 0.6) is 5.75 Å². The molecule has 0 radical (unpaired) electrons. The molecular formula is C30H17Br2ClIN3O3. The molecule has 40 heavy (non-hydrogen) atoms. The molecule has 0 atom stereocenters. The highest BCUT2D eigenvalue weighted by atomic mass is 127. The van der Waals surface area contributed by atoms with Crippen LogP contribution in [0.25, 0.3) is 33.5 Å². The first-order valence-electron chi connectivity index (χ1n) is 12.0. The molecule has 0 unspecified atom stereocenters. The first-order valence-corrected chi connectivity index (χ1v) is 15.0. The molecule has 0 bridgehead atoms. The second-order valence-electron chi connectivity index (χ2n) is 8.82. The maximum atomic E-state index is 13.5. The molecule has 198 valence electrons. The minimum Gasteiger partial charge on any atom is -0.488 e. The van der Waals surface area contributed by atoms with Crippen molar-refractivity contribution in [1.29, 1.82) is 0 Å². The van der Waals surface area contributed by atoms with E-state index in [1.54, 1.807) is 42.6 Å². The van der Waals surface area contributed by atoms with Gasteiger partial charge in [0.25, 0.3) is 5.56 Å². The van der Waals surface area contributed by atoms with Gasteiger partial charge in [-0.2, -0.15) is 9.78 Å². The average molecular weight is 790 g/mol. The molecule has 6 rings (SSSR count). The smallest absolute Gasteiger partial charge is 0.282 e. The molecule has 0 fully saturated rings. The van der Waals surface area contributed by atoms with Crippen molar-refractivity contribution >= 4 is 94.1 Å². The minimum absolute atomic E-state index is 0.294. The van der Waals surface area contributed by atoms with E-state index >= 15 is 0 Å². The summed E-state index contributed by atoms with van der Waals surface area (Å²) in [6.07, 6.45) is 1.62. The first kappa shape index (κ1) is 27.2. The number of fused-ring (bicyclic) bond motifs is 2. The number of rotatable bonds is 6. The van der Waals surface area contributed by atoms with Gasteiger partial charge >= 0.3 is 0 Å². The predicted molar refractivity (Wildman–Crippen MR) is 175 cm³/mol. The van der Waals surface area contributed by atoms with Gasteiger partial charge in [0.05, 0.1) is 20.7 Å². The van der Waals surface area contributed by atoms with Crippen LogP contribution in [0.2, 0.25) is 5.02 Å². The molecular weight excluding hydrogens is 773 g/mol. The summed E-state index contributed by atoms with van der Waals surface area (Å²) in [6.45, 7) is 0.418. The van der Waals surface area contributed by atoms with Crippen LogP contribution in [0.15, 0.2) is 108 Å². The van der Waals surface area contributed by atoms with Crippen molar-refractivity contribution in [2.24, 2.45) is 5.10 Å². The van der Waals surface area contributed by atoms with Crippen LogP contribution < -0.4 is 10.3 Å². The fourth-order valence-corrected chi connectivity index (χ4v) is 6.18. The first-order chi connectivity index (χ1) is 19.4. The van der Waals surface area contributed by atoms with Gasteiger partial charge in [-0.1, -0.05) is 61.7 Å². The topological polar surface area (TPSA) is 69.6 Å². The quantitative estimate of drug-likeness (QED) is 0.125. The van der Waals surface area contributed by atoms with E-state index in [2.05, 4.69) is 59.6 Å². The second-order valence-corrected chi connectivity index (χ2v) is 12.2. The fraction of sp³-hybridized carbons (Fsp3) is 0.0333. The summed E-state index contributed by atoms with van der Waals surface area (Å²) in [6, 6.07) is 26.0. The molecule has 2 aromatic heterocycles. The molecule has 0 saturated carbocycles. The van der Waals surface area contributed by atoms with Gasteiger partial charge in [0.2, 0.25) is 5.82 Å². The Hall–Kier alpha value is -2.99. The van der Waals surface area contributed by atoms with Crippen LogP contribution in [0.4, 0.5) is 0 Å². The maximum Gasteiger partial charge on any atom is 0.282 e. The number of hydrogen-bond acceptors (Lipinski definition) is 5. The lowest BCUT2D eigenvalue weighted by Gasteiger charge is -2.11. The second kappa shape index (κ2) is 11.5. The zero-order valence-electron chi connectivity index (χ0n) is 20.4. The van der Waals surface area contributed by atoms with Gasteiger partial charge in [0.15, 0.2) is 5.76 Å². The normalized spacial score (nSPS) is 11.6. The lowest BCUT2D eigenvalue weighted by atomic mass is 10.2. The molecule has 0 amide bonds. The van der Waals surface area contributed by atoms with E-state index in [-0.39, 0.29) is 5.56 Å². The number of hydrogen-bond donors (Lipinski definition) is 0. The average Bonchev–Trinajstić information content (AvgIpc) is 3.36. The molecule has 6 nitrogen and oxygen atoms in total. The molecule has 0 N–H and O–H groups in total. The third-order valence-corrected chi connectivity index (χ3v) is 8.44. The number of para-hydroxylation sites is 1. The Morgan fingerprint density at radius 1 is 1.02 bits per heavy atom. The van der Waals surface area contributed by atoms with Crippen molar-refractivity contribution in [3.8, 4) is 17.3 Å². The molecule has 0 aliphatic carbocycles. The lowest BCUT2D eigenvalue weighted by molar-refractivity contribution is 0.303. The van der Waals surface area contributed by atoms with Gasteiger partial charge in [-0.3, -0.25) is 4.79 Å². The summed E-state index contributed by atoms with van der Waals surface area (Å²) < 4.78 is 16.2. The minimum atomic E-state index is -0.301. The third-order valence-electron chi connectivity index (χ3n) is 6.13. The van der Waals surface area contributed by atoms with Crippen molar-refractivity contribution in [3.05, 3.63) is 124 Å². The van der Waals surface area contributed by atoms with Gasteiger partial charge in [0, 0.05) is 24.9 Å². The number of aromatic nitrogens is 2. The van der Waals surface area contributed by atoms with Crippen molar-refractivity contribution in [2.75, 3.05) is 0 Å². The standard InChI is InChI=1S/C30H17Br2ClIN3O3/c31-20-7-6-18(23(32)14-20)16-39-27-9-5-17(11-24(27)34)15-35-37-29(36-25-4-2-1-3-22(25)30(37)38)28-13-19-12-21(33)8-10-26(19)40-28/h1-15H,16H2. The van der Waals surface area contributed by atoms with Crippen molar-refractivity contribution in [2.45, 2.75) is 6.61 Å². The van der Waals surface area contributed by atoms with E-state index in [1.165, 1.54) is 4.68 Å².